The van der Waals surface area contributed by atoms with Gasteiger partial charge in [0.25, 0.3) is 0 Å². The lowest BCUT2D eigenvalue weighted by Crippen LogP contribution is -2.13. The fraction of sp³-hybridized carbons (Fsp3) is 0.600. The largest absolute Gasteiger partial charge is 0.324 e. The molecule has 1 aliphatic heterocycles. The molecule has 0 saturated heterocycles. The lowest BCUT2D eigenvalue weighted by Gasteiger charge is -2.10. The average molecular weight is 115 g/mol. The summed E-state index contributed by atoms with van der Waals surface area (Å²) in [6.07, 6.45) is 4.59. The van der Waals surface area contributed by atoms with Gasteiger partial charge < -0.3 is 5.73 Å². The summed E-state index contributed by atoms with van der Waals surface area (Å²) in [6.45, 7) is 0. The van der Waals surface area contributed by atoms with Gasteiger partial charge in [0, 0.05) is 5.78 Å². The molecule has 1 nitrogen and oxygen atoms in total. The monoisotopic (exact) mass is 115 g/mol. The fourth-order valence-electron chi connectivity index (χ4n) is 0.634. The Labute approximate surface area is 45.8 Å². The molecule has 0 amide bonds. The Morgan fingerprint density at radius 2 is 2.57 bits per heavy atom. The van der Waals surface area contributed by atoms with Gasteiger partial charge >= 0.3 is 0 Å². The molecular formula is C5H10NP. The molecule has 40 valence electrons. The minimum Gasteiger partial charge on any atom is -0.324 e. The van der Waals surface area contributed by atoms with Crippen LogP contribution in [0, 0.1) is 0 Å². The number of hydrogen-bond donors (Lipinski definition) is 1. The van der Waals surface area contributed by atoms with Crippen LogP contribution in [0.4, 0.5) is 0 Å². The molecule has 0 saturated carbocycles. The van der Waals surface area contributed by atoms with E-state index >= 15 is 0 Å². The van der Waals surface area contributed by atoms with Crippen molar-refractivity contribution in [2.75, 3.05) is 0 Å². The van der Waals surface area contributed by atoms with Crippen LogP contribution in [0.15, 0.2) is 11.9 Å². The summed E-state index contributed by atoms with van der Waals surface area (Å²) >= 11 is 0. The van der Waals surface area contributed by atoms with Gasteiger partial charge in [-0.3, -0.25) is 0 Å². The van der Waals surface area contributed by atoms with Crippen LogP contribution in [0.2, 0.25) is 0 Å². The first-order valence-corrected chi connectivity index (χ1v) is 3.72. The van der Waals surface area contributed by atoms with Crippen molar-refractivity contribution in [3.05, 3.63) is 11.9 Å². The first kappa shape index (κ1) is 5.27. The highest BCUT2D eigenvalue weighted by atomic mass is 31.1. The van der Waals surface area contributed by atoms with E-state index in [-0.39, 0.29) is 0 Å². The second-order valence-electron chi connectivity index (χ2n) is 1.75. The zero-order chi connectivity index (χ0) is 5.11. The molecule has 2 N–H and O–H groups in total. The second kappa shape index (κ2) is 2.44. The van der Waals surface area contributed by atoms with Crippen LogP contribution in [0.5, 0.6) is 0 Å². The SMILES string of the molecule is NC1CCC=CP1. The highest BCUT2D eigenvalue weighted by Gasteiger charge is 2.00. The highest BCUT2D eigenvalue weighted by Crippen LogP contribution is 2.24. The smallest absolute Gasteiger partial charge is 0.0253 e. The van der Waals surface area contributed by atoms with Gasteiger partial charge in [-0.2, -0.15) is 0 Å². The molecule has 0 spiro atoms. The number of hydrogen-bond acceptors (Lipinski definition) is 1. The van der Waals surface area contributed by atoms with E-state index < -0.39 is 0 Å². The van der Waals surface area contributed by atoms with Crippen LogP contribution in [-0.2, 0) is 0 Å². The predicted octanol–water partition coefficient (Wildman–Crippen LogP) is 1.26. The van der Waals surface area contributed by atoms with Crippen molar-refractivity contribution >= 4 is 8.58 Å². The van der Waals surface area contributed by atoms with E-state index in [4.69, 9.17) is 5.73 Å². The Morgan fingerprint density at radius 1 is 1.71 bits per heavy atom. The highest BCUT2D eigenvalue weighted by molar-refractivity contribution is 7.42. The van der Waals surface area contributed by atoms with E-state index in [1.54, 1.807) is 0 Å². The molecule has 2 atom stereocenters. The molecule has 2 unspecified atom stereocenters. The van der Waals surface area contributed by atoms with Gasteiger partial charge in [0.2, 0.25) is 0 Å². The summed E-state index contributed by atoms with van der Waals surface area (Å²) < 4.78 is 0. The normalized spacial score (nSPS) is 34.1. The summed E-state index contributed by atoms with van der Waals surface area (Å²) in [5.41, 5.74) is 5.60. The van der Waals surface area contributed by atoms with Crippen LogP contribution in [0.25, 0.3) is 0 Å². The maximum absolute atomic E-state index is 5.60. The van der Waals surface area contributed by atoms with Crippen LogP contribution in [0.1, 0.15) is 12.8 Å². The minimum absolute atomic E-state index is 0.477. The van der Waals surface area contributed by atoms with Crippen molar-refractivity contribution in [1.29, 1.82) is 0 Å². The van der Waals surface area contributed by atoms with Crippen LogP contribution in [-0.4, -0.2) is 5.78 Å². The predicted molar refractivity (Wildman–Crippen MR) is 34.7 cm³/mol. The van der Waals surface area contributed by atoms with Gasteiger partial charge in [-0.25, -0.2) is 0 Å². The van der Waals surface area contributed by atoms with Crippen molar-refractivity contribution in [3.63, 3.8) is 0 Å². The molecular weight excluding hydrogens is 105 g/mol. The van der Waals surface area contributed by atoms with Gasteiger partial charge in [-0.15, -0.1) is 0 Å². The molecule has 7 heavy (non-hydrogen) atoms. The first-order chi connectivity index (χ1) is 3.39. The molecule has 1 aliphatic rings. The van der Waals surface area contributed by atoms with E-state index in [1.807, 2.05) is 0 Å². The maximum Gasteiger partial charge on any atom is 0.0253 e. The lowest BCUT2D eigenvalue weighted by atomic mass is 10.3. The standard InChI is InChI=1S/C5H10NP/c6-5-3-1-2-4-7-5/h2,4-5,7H,1,3,6H2. The van der Waals surface area contributed by atoms with Crippen molar-refractivity contribution in [2.45, 2.75) is 18.6 Å². The van der Waals surface area contributed by atoms with Crippen molar-refractivity contribution < 1.29 is 0 Å². The van der Waals surface area contributed by atoms with Crippen molar-refractivity contribution in [2.24, 2.45) is 5.73 Å². The molecule has 1 heterocycles. The van der Waals surface area contributed by atoms with Crippen molar-refractivity contribution in [3.8, 4) is 0 Å². The van der Waals surface area contributed by atoms with Gasteiger partial charge in [-0.1, -0.05) is 20.5 Å². The van der Waals surface area contributed by atoms with E-state index in [1.165, 1.54) is 12.8 Å². The molecule has 0 aromatic rings. The zero-order valence-electron chi connectivity index (χ0n) is 4.22. The Bertz CT molecular complexity index is 80.1. The molecule has 0 fully saturated rings. The van der Waals surface area contributed by atoms with E-state index in [9.17, 15) is 0 Å². The third-order valence-corrected chi connectivity index (χ3v) is 2.22. The Kier molecular flexibility index (Phi) is 1.84. The van der Waals surface area contributed by atoms with E-state index in [2.05, 4.69) is 11.9 Å². The number of allylic oxidation sites excluding steroid dienone is 1. The lowest BCUT2D eigenvalue weighted by molar-refractivity contribution is 0.794. The molecule has 0 radical (unpaired) electrons. The molecule has 1 rings (SSSR count). The quantitative estimate of drug-likeness (QED) is 0.472. The van der Waals surface area contributed by atoms with Gasteiger partial charge in [-0.05, 0) is 12.8 Å². The third kappa shape index (κ3) is 1.58. The van der Waals surface area contributed by atoms with E-state index in [0.717, 1.165) is 8.58 Å². The van der Waals surface area contributed by atoms with Crippen molar-refractivity contribution in [1.82, 2.24) is 0 Å². The Hall–Kier alpha value is 0.130. The van der Waals surface area contributed by atoms with Crippen LogP contribution >= 0.6 is 8.58 Å². The molecule has 0 aliphatic carbocycles. The first-order valence-electron chi connectivity index (χ1n) is 2.56. The molecule has 0 aromatic carbocycles. The van der Waals surface area contributed by atoms with Crippen LogP contribution in [0.3, 0.4) is 0 Å². The fourth-order valence-corrected chi connectivity index (χ4v) is 1.52. The van der Waals surface area contributed by atoms with Crippen LogP contribution < -0.4 is 5.73 Å². The summed E-state index contributed by atoms with van der Waals surface area (Å²) in [7, 11) is 0.873. The number of rotatable bonds is 0. The summed E-state index contributed by atoms with van der Waals surface area (Å²) in [6, 6.07) is 0. The third-order valence-electron chi connectivity index (χ3n) is 1.07. The van der Waals surface area contributed by atoms with Gasteiger partial charge in [0.15, 0.2) is 0 Å². The summed E-state index contributed by atoms with van der Waals surface area (Å²) in [5, 5.41) is 0. The topological polar surface area (TPSA) is 26.0 Å². The molecule has 0 aromatic heterocycles. The Balaban J connectivity index is 2.32. The second-order valence-corrected chi connectivity index (χ2v) is 3.16. The minimum atomic E-state index is 0.477. The van der Waals surface area contributed by atoms with Gasteiger partial charge in [0.1, 0.15) is 0 Å². The van der Waals surface area contributed by atoms with E-state index in [0.29, 0.717) is 5.78 Å². The number of nitrogens with two attached hydrogens (primary N) is 1. The zero-order valence-corrected chi connectivity index (χ0v) is 5.22. The summed E-state index contributed by atoms with van der Waals surface area (Å²) in [5.74, 6) is 2.67. The molecule has 2 heteroatoms. The Morgan fingerprint density at radius 3 is 2.86 bits per heavy atom. The maximum atomic E-state index is 5.60. The van der Waals surface area contributed by atoms with Gasteiger partial charge in [0.05, 0.1) is 0 Å². The molecule has 0 bridgehead atoms. The summed E-state index contributed by atoms with van der Waals surface area (Å²) in [4.78, 5) is 0. The average Bonchev–Trinajstić information content (AvgIpc) is 1.69.